The molecule has 1 aliphatic rings. The molecule has 1 saturated heterocycles. The van der Waals surface area contributed by atoms with Crippen LogP contribution in [0, 0.1) is 5.82 Å². The molecule has 148 valence electrons. The van der Waals surface area contributed by atoms with E-state index in [4.69, 9.17) is 11.6 Å². The summed E-state index contributed by atoms with van der Waals surface area (Å²) in [7, 11) is 0. The third kappa shape index (κ3) is 4.41. The van der Waals surface area contributed by atoms with Crippen molar-refractivity contribution >= 4 is 23.4 Å². The maximum absolute atomic E-state index is 13.6. The number of nitrogens with zero attached hydrogens (tertiary/aromatic N) is 1. The van der Waals surface area contributed by atoms with Gasteiger partial charge in [-0.15, -0.1) is 0 Å². The van der Waals surface area contributed by atoms with Gasteiger partial charge in [-0.25, -0.2) is 9.18 Å². The Morgan fingerprint density at radius 3 is 2.54 bits per heavy atom. The van der Waals surface area contributed by atoms with Crippen LogP contribution in [0.15, 0.2) is 36.5 Å². The van der Waals surface area contributed by atoms with Crippen molar-refractivity contribution < 1.29 is 27.2 Å². The third-order valence-corrected chi connectivity index (χ3v) is 4.63. The molecule has 0 saturated carbocycles. The fourth-order valence-corrected chi connectivity index (χ4v) is 3.07. The van der Waals surface area contributed by atoms with E-state index in [1.165, 1.54) is 12.1 Å². The number of carbonyl (C=O) groups excluding carboxylic acids is 2. The summed E-state index contributed by atoms with van der Waals surface area (Å²) in [6.07, 6.45) is -4.64. The van der Waals surface area contributed by atoms with Crippen molar-refractivity contribution in [2.45, 2.75) is 24.6 Å². The Kier molecular flexibility index (Phi) is 5.55. The quantitative estimate of drug-likeness (QED) is 0.732. The topological polar surface area (TPSA) is 71.1 Å². The maximum Gasteiger partial charge on any atom is 0.419 e. The number of Topliss-reactive ketones (excluding diaryl/α,β-unsaturated/α-hetero) is 1. The standard InChI is InChI=1S/C18H14ClF4N3O2/c19-10-3-1-9(2-4-10)11(5-16(27)15-8-25-17(28)26-15)14-6-12(18(21,22)23)13(20)7-24-14/h1-4,6-7,11,15H,5,8H2,(H2,25,26,28)/t11?,15-/m0/s1. The predicted molar refractivity (Wildman–Crippen MR) is 92.4 cm³/mol. The van der Waals surface area contributed by atoms with Gasteiger partial charge >= 0.3 is 12.2 Å². The summed E-state index contributed by atoms with van der Waals surface area (Å²) in [6.45, 7) is 0.0790. The number of urea groups is 1. The summed E-state index contributed by atoms with van der Waals surface area (Å²) in [5.74, 6) is -2.76. The molecule has 1 aliphatic heterocycles. The predicted octanol–water partition coefficient (Wildman–Crippen LogP) is 3.67. The van der Waals surface area contributed by atoms with E-state index < -0.39 is 41.3 Å². The molecule has 2 atom stereocenters. The van der Waals surface area contributed by atoms with Crippen LogP contribution in [0.1, 0.15) is 29.2 Å². The van der Waals surface area contributed by atoms with E-state index in [9.17, 15) is 27.2 Å². The smallest absolute Gasteiger partial charge is 0.336 e. The largest absolute Gasteiger partial charge is 0.419 e. The lowest BCUT2D eigenvalue weighted by Crippen LogP contribution is -2.35. The highest BCUT2D eigenvalue weighted by molar-refractivity contribution is 6.30. The van der Waals surface area contributed by atoms with Crippen LogP contribution in [0.2, 0.25) is 5.02 Å². The van der Waals surface area contributed by atoms with Crippen LogP contribution in [0.4, 0.5) is 22.4 Å². The minimum absolute atomic E-state index is 0.0790. The lowest BCUT2D eigenvalue weighted by Gasteiger charge is -2.20. The number of ketones is 1. The molecule has 1 unspecified atom stereocenters. The Morgan fingerprint density at radius 1 is 1.29 bits per heavy atom. The molecule has 2 N–H and O–H groups in total. The second kappa shape index (κ2) is 7.75. The van der Waals surface area contributed by atoms with Gasteiger partial charge < -0.3 is 10.6 Å². The molecule has 2 heterocycles. The van der Waals surface area contributed by atoms with Crippen molar-refractivity contribution in [3.05, 3.63) is 64.2 Å². The Hall–Kier alpha value is -2.68. The SMILES string of the molecule is O=C1NC[C@@H](C(=O)CC(c2ccc(Cl)cc2)c2cc(C(F)(F)F)c(F)cn2)N1. The Morgan fingerprint density at radius 2 is 1.96 bits per heavy atom. The molecule has 2 aromatic rings. The summed E-state index contributed by atoms with van der Waals surface area (Å²) >= 11 is 5.86. The van der Waals surface area contributed by atoms with Gasteiger partial charge in [-0.05, 0) is 23.8 Å². The van der Waals surface area contributed by atoms with Gasteiger partial charge in [0.2, 0.25) is 0 Å². The number of aromatic nitrogens is 1. The minimum Gasteiger partial charge on any atom is -0.336 e. The van der Waals surface area contributed by atoms with Crippen LogP contribution >= 0.6 is 11.6 Å². The number of amides is 2. The first kappa shape index (κ1) is 20.1. The highest BCUT2D eigenvalue weighted by Crippen LogP contribution is 2.35. The number of halogens is 5. The molecule has 0 radical (unpaired) electrons. The molecule has 1 fully saturated rings. The number of carbonyl (C=O) groups is 2. The van der Waals surface area contributed by atoms with Crippen LogP contribution in [-0.4, -0.2) is 29.4 Å². The molecule has 0 spiro atoms. The highest BCUT2D eigenvalue weighted by Gasteiger charge is 2.36. The van der Waals surface area contributed by atoms with E-state index in [0.29, 0.717) is 22.8 Å². The van der Waals surface area contributed by atoms with E-state index >= 15 is 0 Å². The number of rotatable bonds is 5. The molecular formula is C18H14ClF4N3O2. The minimum atomic E-state index is -4.90. The third-order valence-electron chi connectivity index (χ3n) is 4.38. The zero-order valence-electron chi connectivity index (χ0n) is 14.2. The van der Waals surface area contributed by atoms with Gasteiger partial charge in [-0.1, -0.05) is 23.7 Å². The zero-order valence-corrected chi connectivity index (χ0v) is 14.9. The fraction of sp³-hybridized carbons (Fsp3) is 0.278. The van der Waals surface area contributed by atoms with Crippen molar-refractivity contribution in [2.24, 2.45) is 0 Å². The number of benzene rings is 1. The van der Waals surface area contributed by atoms with Gasteiger partial charge in [0.05, 0.1) is 11.8 Å². The molecule has 1 aromatic carbocycles. The summed E-state index contributed by atoms with van der Waals surface area (Å²) < 4.78 is 52.9. The van der Waals surface area contributed by atoms with Gasteiger partial charge in [0.1, 0.15) is 6.04 Å². The lowest BCUT2D eigenvalue weighted by molar-refractivity contribution is -0.140. The lowest BCUT2D eigenvalue weighted by atomic mass is 9.88. The van der Waals surface area contributed by atoms with Crippen LogP contribution in [-0.2, 0) is 11.0 Å². The van der Waals surface area contributed by atoms with E-state index in [1.54, 1.807) is 12.1 Å². The van der Waals surface area contributed by atoms with Crippen LogP contribution < -0.4 is 10.6 Å². The van der Waals surface area contributed by atoms with Gasteiger partial charge in [-0.3, -0.25) is 9.78 Å². The van der Waals surface area contributed by atoms with E-state index in [-0.39, 0.29) is 18.7 Å². The second-order valence-corrected chi connectivity index (χ2v) is 6.70. The van der Waals surface area contributed by atoms with E-state index in [0.717, 1.165) is 0 Å². The number of pyridine rings is 1. The molecule has 10 heteroatoms. The molecule has 0 aliphatic carbocycles. The normalized spacial score (nSPS) is 17.8. The Bertz CT molecular complexity index is 903. The molecular weight excluding hydrogens is 402 g/mol. The molecule has 1 aromatic heterocycles. The number of alkyl halides is 3. The van der Waals surface area contributed by atoms with Crippen molar-refractivity contribution in [1.29, 1.82) is 0 Å². The van der Waals surface area contributed by atoms with Crippen molar-refractivity contribution in [3.63, 3.8) is 0 Å². The Labute approximate surface area is 162 Å². The van der Waals surface area contributed by atoms with Crippen molar-refractivity contribution in [1.82, 2.24) is 15.6 Å². The van der Waals surface area contributed by atoms with Gasteiger partial charge in [0.15, 0.2) is 11.6 Å². The summed E-state index contributed by atoms with van der Waals surface area (Å²) in [5, 5.41) is 5.29. The molecule has 3 rings (SSSR count). The maximum atomic E-state index is 13.6. The molecule has 2 amide bonds. The fourth-order valence-electron chi connectivity index (χ4n) is 2.94. The monoisotopic (exact) mass is 415 g/mol. The van der Waals surface area contributed by atoms with Crippen molar-refractivity contribution in [3.8, 4) is 0 Å². The average molecular weight is 416 g/mol. The first-order chi connectivity index (χ1) is 13.1. The Balaban J connectivity index is 1.98. The van der Waals surface area contributed by atoms with Crippen LogP contribution in [0.3, 0.4) is 0 Å². The summed E-state index contributed by atoms with van der Waals surface area (Å²) in [5.41, 5.74) is -1.08. The van der Waals surface area contributed by atoms with Gasteiger partial charge in [0.25, 0.3) is 0 Å². The van der Waals surface area contributed by atoms with Crippen LogP contribution in [0.5, 0.6) is 0 Å². The molecule has 5 nitrogen and oxygen atoms in total. The number of nitrogens with one attached hydrogen (secondary N) is 2. The van der Waals surface area contributed by atoms with Crippen molar-refractivity contribution in [2.75, 3.05) is 6.54 Å². The van der Waals surface area contributed by atoms with E-state index in [1.807, 2.05) is 0 Å². The van der Waals surface area contributed by atoms with E-state index in [2.05, 4.69) is 15.6 Å². The number of hydrogen-bond donors (Lipinski definition) is 2. The van der Waals surface area contributed by atoms with Gasteiger partial charge in [-0.2, -0.15) is 13.2 Å². The van der Waals surface area contributed by atoms with Crippen LogP contribution in [0.25, 0.3) is 0 Å². The number of hydrogen-bond acceptors (Lipinski definition) is 3. The highest BCUT2D eigenvalue weighted by atomic mass is 35.5. The molecule has 28 heavy (non-hydrogen) atoms. The summed E-state index contributed by atoms with van der Waals surface area (Å²) in [6, 6.07) is 5.48. The first-order valence-corrected chi connectivity index (χ1v) is 8.58. The second-order valence-electron chi connectivity index (χ2n) is 6.27. The summed E-state index contributed by atoms with van der Waals surface area (Å²) in [4.78, 5) is 27.6. The average Bonchev–Trinajstić information content (AvgIpc) is 3.07. The molecule has 0 bridgehead atoms. The van der Waals surface area contributed by atoms with Gasteiger partial charge in [0, 0.05) is 29.6 Å². The first-order valence-electron chi connectivity index (χ1n) is 8.20. The zero-order chi connectivity index (χ0) is 20.5.